The molecule has 1 aromatic carbocycles. The molecule has 0 aromatic heterocycles. The lowest BCUT2D eigenvalue weighted by molar-refractivity contribution is 0.0949. The average molecular weight is 305 g/mol. The highest BCUT2D eigenvalue weighted by molar-refractivity contribution is 9.10. The van der Waals surface area contributed by atoms with Crippen LogP contribution in [0.4, 0.5) is 4.39 Å². The Morgan fingerprint density at radius 3 is 2.69 bits per heavy atom. The zero-order valence-electron chi connectivity index (χ0n) is 8.46. The Kier molecular flexibility index (Phi) is 4.37. The van der Waals surface area contributed by atoms with Gasteiger partial charge in [0.15, 0.2) is 0 Å². The van der Waals surface area contributed by atoms with E-state index in [1.165, 1.54) is 12.1 Å². The summed E-state index contributed by atoms with van der Waals surface area (Å²) >= 11 is 7.82. The van der Waals surface area contributed by atoms with Gasteiger partial charge in [0.05, 0.1) is 11.0 Å². The fraction of sp³-hybridized carbons (Fsp3) is 0.200. The number of carbonyl (C=O) groups is 1. The molecular formula is C10H10BrFN2OS. The first-order valence-corrected chi connectivity index (χ1v) is 5.66. The van der Waals surface area contributed by atoms with E-state index in [-0.39, 0.29) is 10.6 Å². The first-order valence-electron chi connectivity index (χ1n) is 4.46. The molecule has 1 aromatic rings. The number of halogens is 2. The summed E-state index contributed by atoms with van der Waals surface area (Å²) in [6.45, 7) is 1.66. The summed E-state index contributed by atoms with van der Waals surface area (Å²) in [5.74, 6) is -0.900. The van der Waals surface area contributed by atoms with Gasteiger partial charge in [0.2, 0.25) is 0 Å². The van der Waals surface area contributed by atoms with E-state index in [0.717, 1.165) is 6.07 Å². The zero-order valence-corrected chi connectivity index (χ0v) is 10.9. The topological polar surface area (TPSA) is 55.1 Å². The lowest BCUT2D eigenvalue weighted by atomic mass is 10.2. The summed E-state index contributed by atoms with van der Waals surface area (Å²) in [5, 5.41) is 2.56. The molecule has 0 bridgehead atoms. The van der Waals surface area contributed by atoms with Crippen molar-refractivity contribution in [3.63, 3.8) is 0 Å². The molecule has 1 unspecified atom stereocenters. The van der Waals surface area contributed by atoms with Crippen LogP contribution in [0.15, 0.2) is 22.7 Å². The maximum absolute atomic E-state index is 13.0. The Hall–Kier alpha value is -1.01. The fourth-order valence-electron chi connectivity index (χ4n) is 1.04. The lowest BCUT2D eigenvalue weighted by Crippen LogP contribution is -2.41. The van der Waals surface area contributed by atoms with Crippen molar-refractivity contribution >= 4 is 39.0 Å². The molecule has 0 spiro atoms. The van der Waals surface area contributed by atoms with E-state index in [9.17, 15) is 9.18 Å². The van der Waals surface area contributed by atoms with E-state index in [1.807, 2.05) is 0 Å². The predicted molar refractivity (Wildman–Crippen MR) is 67.8 cm³/mol. The lowest BCUT2D eigenvalue weighted by Gasteiger charge is -2.12. The van der Waals surface area contributed by atoms with Crippen molar-refractivity contribution in [3.05, 3.63) is 34.1 Å². The Morgan fingerprint density at radius 2 is 2.19 bits per heavy atom. The van der Waals surface area contributed by atoms with Crippen LogP contribution in [0.5, 0.6) is 0 Å². The largest absolute Gasteiger partial charge is 0.392 e. The minimum Gasteiger partial charge on any atom is -0.392 e. The van der Waals surface area contributed by atoms with Gasteiger partial charge in [0.25, 0.3) is 5.91 Å². The van der Waals surface area contributed by atoms with E-state index in [1.54, 1.807) is 6.92 Å². The molecule has 0 heterocycles. The first-order chi connectivity index (χ1) is 7.40. The second-order valence-corrected chi connectivity index (χ2v) is 4.64. The molecule has 0 saturated carbocycles. The number of nitrogens with one attached hydrogen (secondary N) is 1. The van der Waals surface area contributed by atoms with Crippen LogP contribution in [0, 0.1) is 5.82 Å². The quantitative estimate of drug-likeness (QED) is 0.840. The van der Waals surface area contributed by atoms with Crippen LogP contribution < -0.4 is 11.1 Å². The van der Waals surface area contributed by atoms with E-state index < -0.39 is 17.8 Å². The number of carbonyl (C=O) groups excluding carboxylic acids is 1. The van der Waals surface area contributed by atoms with Gasteiger partial charge in [-0.25, -0.2) is 4.39 Å². The van der Waals surface area contributed by atoms with Crippen LogP contribution in [-0.2, 0) is 0 Å². The Morgan fingerprint density at radius 1 is 1.56 bits per heavy atom. The molecule has 86 valence electrons. The SMILES string of the molecule is CC(NC(=O)c1cc(F)cc(Br)c1)C(N)=S. The number of thiocarbonyl (C=S) groups is 1. The van der Waals surface area contributed by atoms with E-state index in [2.05, 4.69) is 21.2 Å². The maximum Gasteiger partial charge on any atom is 0.251 e. The molecule has 0 radical (unpaired) electrons. The van der Waals surface area contributed by atoms with Gasteiger partial charge in [-0.15, -0.1) is 0 Å². The van der Waals surface area contributed by atoms with Gasteiger partial charge in [-0.05, 0) is 25.1 Å². The number of hydrogen-bond acceptors (Lipinski definition) is 2. The van der Waals surface area contributed by atoms with Gasteiger partial charge in [-0.3, -0.25) is 4.79 Å². The van der Waals surface area contributed by atoms with Crippen LogP contribution >= 0.6 is 28.1 Å². The molecule has 1 rings (SSSR count). The molecular weight excluding hydrogens is 295 g/mol. The summed E-state index contributed by atoms with van der Waals surface area (Å²) < 4.78 is 13.5. The molecule has 0 aliphatic rings. The van der Waals surface area contributed by atoms with Gasteiger partial charge in [0.1, 0.15) is 5.82 Å². The Bertz CT molecular complexity index is 419. The van der Waals surface area contributed by atoms with Crippen molar-refractivity contribution in [2.75, 3.05) is 0 Å². The second kappa shape index (κ2) is 5.36. The van der Waals surface area contributed by atoms with Crippen molar-refractivity contribution in [3.8, 4) is 0 Å². The first kappa shape index (κ1) is 13.1. The van der Waals surface area contributed by atoms with Gasteiger partial charge in [-0.1, -0.05) is 28.1 Å². The maximum atomic E-state index is 13.0. The molecule has 1 amide bonds. The smallest absolute Gasteiger partial charge is 0.251 e. The van der Waals surface area contributed by atoms with Gasteiger partial charge < -0.3 is 11.1 Å². The van der Waals surface area contributed by atoms with Crippen LogP contribution in [0.2, 0.25) is 0 Å². The standard InChI is InChI=1S/C10H10BrFN2OS/c1-5(9(13)16)14-10(15)6-2-7(11)4-8(12)3-6/h2-5H,1H3,(H2,13,16)(H,14,15). The number of nitrogens with two attached hydrogens (primary N) is 1. The van der Waals surface area contributed by atoms with Crippen molar-refractivity contribution < 1.29 is 9.18 Å². The summed E-state index contributed by atoms with van der Waals surface area (Å²) in [6, 6.07) is 3.51. The molecule has 1 atom stereocenters. The van der Waals surface area contributed by atoms with Crippen LogP contribution in [-0.4, -0.2) is 16.9 Å². The van der Waals surface area contributed by atoms with E-state index >= 15 is 0 Å². The second-order valence-electron chi connectivity index (χ2n) is 3.26. The highest BCUT2D eigenvalue weighted by atomic mass is 79.9. The van der Waals surface area contributed by atoms with Crippen molar-refractivity contribution in [1.82, 2.24) is 5.32 Å². The molecule has 0 aliphatic heterocycles. The van der Waals surface area contributed by atoms with Crippen LogP contribution in [0.3, 0.4) is 0 Å². The molecule has 0 saturated heterocycles. The van der Waals surface area contributed by atoms with Crippen molar-refractivity contribution in [1.29, 1.82) is 0 Å². The van der Waals surface area contributed by atoms with Crippen LogP contribution in [0.1, 0.15) is 17.3 Å². The highest BCUT2D eigenvalue weighted by Crippen LogP contribution is 2.14. The third-order valence-corrected chi connectivity index (χ3v) is 2.71. The molecule has 16 heavy (non-hydrogen) atoms. The third-order valence-electron chi connectivity index (χ3n) is 1.90. The number of rotatable bonds is 3. The Balaban J connectivity index is 2.84. The summed E-state index contributed by atoms with van der Waals surface area (Å²) in [6.07, 6.45) is 0. The normalized spacial score (nSPS) is 11.9. The van der Waals surface area contributed by atoms with Crippen LogP contribution in [0.25, 0.3) is 0 Å². The third kappa shape index (κ3) is 3.53. The van der Waals surface area contributed by atoms with Crippen molar-refractivity contribution in [2.24, 2.45) is 5.73 Å². The average Bonchev–Trinajstić information content (AvgIpc) is 2.15. The molecule has 0 aliphatic carbocycles. The van der Waals surface area contributed by atoms with E-state index in [0.29, 0.717) is 4.47 Å². The van der Waals surface area contributed by atoms with Gasteiger partial charge >= 0.3 is 0 Å². The predicted octanol–water partition coefficient (Wildman–Crippen LogP) is 1.99. The molecule has 6 heteroatoms. The molecule has 0 fully saturated rings. The summed E-state index contributed by atoms with van der Waals surface area (Å²) in [5.41, 5.74) is 5.57. The Labute approximate surface area is 106 Å². The number of amides is 1. The zero-order chi connectivity index (χ0) is 12.3. The summed E-state index contributed by atoms with van der Waals surface area (Å²) in [7, 11) is 0. The minimum atomic E-state index is -0.484. The van der Waals surface area contributed by atoms with Crippen molar-refractivity contribution in [2.45, 2.75) is 13.0 Å². The van der Waals surface area contributed by atoms with Gasteiger partial charge in [0, 0.05) is 10.0 Å². The highest BCUT2D eigenvalue weighted by Gasteiger charge is 2.12. The van der Waals surface area contributed by atoms with Gasteiger partial charge in [-0.2, -0.15) is 0 Å². The number of benzene rings is 1. The minimum absolute atomic E-state index is 0.184. The molecule has 3 N–H and O–H groups in total. The molecule has 3 nitrogen and oxygen atoms in total. The fourth-order valence-corrected chi connectivity index (χ4v) is 1.56. The summed E-state index contributed by atoms with van der Waals surface area (Å²) in [4.78, 5) is 11.8. The van der Waals surface area contributed by atoms with E-state index in [4.69, 9.17) is 18.0 Å². The number of hydrogen-bond donors (Lipinski definition) is 2. The monoisotopic (exact) mass is 304 g/mol.